The molecular formula is C38H24N4O6S2. The van der Waals surface area contributed by atoms with Gasteiger partial charge in [-0.25, -0.2) is 8.42 Å². The molecule has 6 aromatic rings. The fraction of sp³-hybridized carbons (Fsp3) is 0. The van der Waals surface area contributed by atoms with Gasteiger partial charge in [-0.1, -0.05) is 72.8 Å². The van der Waals surface area contributed by atoms with E-state index in [0.29, 0.717) is 10.6 Å². The summed E-state index contributed by atoms with van der Waals surface area (Å²) in [6.45, 7) is 0. The van der Waals surface area contributed by atoms with Crippen LogP contribution in [-0.2, 0) is 10.0 Å². The monoisotopic (exact) mass is 696 g/mol. The molecule has 12 heteroatoms. The Bertz CT molecular complexity index is 2570. The van der Waals surface area contributed by atoms with Gasteiger partial charge in [-0.05, 0) is 104 Å². The number of nitrogens with zero attached hydrogens (tertiary/aromatic N) is 2. The van der Waals surface area contributed by atoms with E-state index in [4.69, 9.17) is 0 Å². The lowest BCUT2D eigenvalue weighted by Gasteiger charge is -2.14. The van der Waals surface area contributed by atoms with Crippen LogP contribution in [0.25, 0.3) is 33.4 Å². The van der Waals surface area contributed by atoms with Gasteiger partial charge in [-0.15, -0.1) is 0 Å². The molecular weight excluding hydrogens is 673 g/mol. The highest BCUT2D eigenvalue weighted by atomic mass is 32.2. The van der Waals surface area contributed by atoms with Crippen molar-refractivity contribution in [1.29, 1.82) is 0 Å². The van der Waals surface area contributed by atoms with E-state index in [1.807, 2.05) is 48.5 Å². The molecule has 10 nitrogen and oxygen atoms in total. The number of non-ortho nitro benzene ring substituents is 2. The maximum atomic E-state index is 13.4. The molecule has 0 saturated carbocycles. The number of nitrogens with one attached hydrogen (secondary N) is 2. The van der Waals surface area contributed by atoms with Crippen molar-refractivity contribution in [3.05, 3.63) is 176 Å². The van der Waals surface area contributed by atoms with Gasteiger partial charge in [0.25, 0.3) is 21.4 Å². The molecule has 0 unspecified atom stereocenters. The molecule has 6 aromatic carbocycles. The lowest BCUT2D eigenvalue weighted by atomic mass is 9.91. The molecule has 0 spiro atoms. The second-order valence-corrected chi connectivity index (χ2v) is 14.2. The average molecular weight is 697 g/mol. The molecule has 2 aliphatic rings. The zero-order valence-electron chi connectivity index (χ0n) is 25.9. The predicted molar refractivity (Wildman–Crippen MR) is 195 cm³/mol. The Morgan fingerprint density at radius 3 is 1.60 bits per heavy atom. The molecule has 0 heterocycles. The molecule has 0 aromatic heterocycles. The molecule has 0 fully saturated rings. The molecule has 0 saturated heterocycles. The smallest absolute Gasteiger partial charge is 0.270 e. The summed E-state index contributed by atoms with van der Waals surface area (Å²) in [6, 6.07) is 39.1. The third kappa shape index (κ3) is 5.36. The summed E-state index contributed by atoms with van der Waals surface area (Å²) in [5.74, 6) is 0. The minimum Gasteiger partial charge on any atom is -0.326 e. The minimum absolute atomic E-state index is 0.0125. The van der Waals surface area contributed by atoms with E-state index in [9.17, 15) is 28.6 Å². The average Bonchev–Trinajstić information content (AvgIpc) is 3.62. The van der Waals surface area contributed by atoms with Crippen molar-refractivity contribution in [2.75, 3.05) is 9.44 Å². The van der Waals surface area contributed by atoms with Crippen LogP contribution in [-0.4, -0.2) is 18.3 Å². The van der Waals surface area contributed by atoms with Crippen molar-refractivity contribution in [3.63, 3.8) is 0 Å². The minimum atomic E-state index is -4.15. The van der Waals surface area contributed by atoms with E-state index in [1.165, 1.54) is 42.3 Å². The first-order valence-corrected chi connectivity index (χ1v) is 17.7. The summed E-state index contributed by atoms with van der Waals surface area (Å²) in [4.78, 5) is 22.1. The van der Waals surface area contributed by atoms with E-state index < -0.39 is 19.9 Å². The van der Waals surface area contributed by atoms with Crippen LogP contribution in [0.2, 0.25) is 0 Å². The Hall–Kier alpha value is -6.24. The van der Waals surface area contributed by atoms with Crippen molar-refractivity contribution in [2.24, 2.45) is 0 Å². The van der Waals surface area contributed by atoms with Crippen molar-refractivity contribution in [1.82, 2.24) is 0 Å². The van der Waals surface area contributed by atoms with Gasteiger partial charge in [0, 0.05) is 40.5 Å². The van der Waals surface area contributed by atoms with Crippen LogP contribution >= 0.6 is 11.9 Å². The van der Waals surface area contributed by atoms with Gasteiger partial charge >= 0.3 is 0 Å². The fourth-order valence-electron chi connectivity index (χ4n) is 6.56. The van der Waals surface area contributed by atoms with Crippen LogP contribution in [0.4, 0.5) is 22.7 Å². The summed E-state index contributed by atoms with van der Waals surface area (Å²) in [5, 5.41) is 22.6. The lowest BCUT2D eigenvalue weighted by Crippen LogP contribution is -2.13. The van der Waals surface area contributed by atoms with Gasteiger partial charge in [0.15, 0.2) is 0 Å². The molecule has 0 atom stereocenters. The summed E-state index contributed by atoms with van der Waals surface area (Å²) in [5.41, 5.74) is 10.7. The fourth-order valence-corrected chi connectivity index (χ4v) is 8.33. The van der Waals surface area contributed by atoms with Crippen LogP contribution in [0.15, 0.2) is 143 Å². The van der Waals surface area contributed by atoms with Crippen molar-refractivity contribution in [2.45, 2.75) is 9.79 Å². The molecule has 0 aliphatic heterocycles. The summed E-state index contributed by atoms with van der Waals surface area (Å²) >= 11 is 1.28. The van der Waals surface area contributed by atoms with E-state index >= 15 is 0 Å². The molecule has 50 heavy (non-hydrogen) atoms. The predicted octanol–water partition coefficient (Wildman–Crippen LogP) is 9.39. The number of hydrogen-bond acceptors (Lipinski definition) is 8. The highest BCUT2D eigenvalue weighted by molar-refractivity contribution is 8.00. The van der Waals surface area contributed by atoms with E-state index in [2.05, 4.69) is 39.8 Å². The summed E-state index contributed by atoms with van der Waals surface area (Å²) < 4.78 is 32.8. The molecule has 0 bridgehead atoms. The standard InChI is InChI=1S/C38H24N4O6S2/c43-41(44)25-7-5-9-27(21-25)49-39-23-15-17-31-29-11-1-3-13-33(29)37(35(31)19-23)38-34-14-4-2-12-30(34)32-18-16-24(20-36(32)38)40-50(47,48)28-10-6-8-26(22-28)42(45)46/h1-22,39-40H/b38-37+. The molecule has 2 aliphatic carbocycles. The van der Waals surface area contributed by atoms with Gasteiger partial charge in [-0.3, -0.25) is 25.0 Å². The second kappa shape index (κ2) is 12.0. The number of benzene rings is 6. The number of fused-ring (bicyclic) bond motifs is 6. The topological polar surface area (TPSA) is 144 Å². The van der Waals surface area contributed by atoms with E-state index in [-0.39, 0.29) is 16.3 Å². The van der Waals surface area contributed by atoms with Crippen LogP contribution in [0.5, 0.6) is 0 Å². The molecule has 8 rings (SSSR count). The van der Waals surface area contributed by atoms with Gasteiger partial charge in [0.1, 0.15) is 0 Å². The molecule has 0 amide bonds. The Morgan fingerprint density at radius 1 is 0.500 bits per heavy atom. The number of rotatable bonds is 8. The Kier molecular flexibility index (Phi) is 7.47. The van der Waals surface area contributed by atoms with Crippen molar-refractivity contribution in [3.8, 4) is 22.3 Å². The Balaban J connectivity index is 1.24. The number of anilines is 2. The normalized spacial score (nSPS) is 13.9. The number of nitro groups is 2. The van der Waals surface area contributed by atoms with Crippen LogP contribution in [0.1, 0.15) is 22.3 Å². The maximum Gasteiger partial charge on any atom is 0.270 e. The number of nitro benzene ring substituents is 2. The first-order chi connectivity index (χ1) is 24.2. The quantitative estimate of drug-likeness (QED) is 0.0908. The zero-order chi connectivity index (χ0) is 34.6. The van der Waals surface area contributed by atoms with Crippen LogP contribution in [0.3, 0.4) is 0 Å². The van der Waals surface area contributed by atoms with E-state index in [0.717, 1.165) is 67.4 Å². The SMILES string of the molecule is O=[N+]([O-])c1cccc(SNc2ccc3c(c2)/C(=C2\c4ccccc4-c4ccc(NS(=O)(=O)c5cccc([N+](=O)[O-])c5)cc42)c2ccccc2-3)c1. The van der Waals surface area contributed by atoms with Crippen LogP contribution in [0, 0.1) is 20.2 Å². The molecule has 2 N–H and O–H groups in total. The first kappa shape index (κ1) is 31.1. The van der Waals surface area contributed by atoms with Gasteiger partial charge in [0.05, 0.1) is 14.7 Å². The van der Waals surface area contributed by atoms with Crippen LogP contribution < -0.4 is 9.44 Å². The number of sulfonamides is 1. The highest BCUT2D eigenvalue weighted by Gasteiger charge is 2.33. The second-order valence-electron chi connectivity index (χ2n) is 11.7. The molecule has 0 radical (unpaired) electrons. The van der Waals surface area contributed by atoms with Crippen molar-refractivity contribution < 1.29 is 18.3 Å². The summed E-state index contributed by atoms with van der Waals surface area (Å²) in [6.07, 6.45) is 0. The third-order valence-corrected chi connectivity index (χ3v) is 10.9. The Labute approximate surface area is 290 Å². The number of hydrogen-bond donors (Lipinski definition) is 2. The highest BCUT2D eigenvalue weighted by Crippen LogP contribution is 2.55. The maximum absolute atomic E-state index is 13.4. The Morgan fingerprint density at radius 2 is 1.00 bits per heavy atom. The molecule has 244 valence electrons. The zero-order valence-corrected chi connectivity index (χ0v) is 27.5. The van der Waals surface area contributed by atoms with E-state index in [1.54, 1.807) is 18.2 Å². The van der Waals surface area contributed by atoms with Crippen molar-refractivity contribution >= 4 is 55.9 Å². The first-order valence-electron chi connectivity index (χ1n) is 15.4. The third-order valence-electron chi connectivity index (χ3n) is 8.71. The lowest BCUT2D eigenvalue weighted by molar-refractivity contribution is -0.385. The van der Waals surface area contributed by atoms with Gasteiger partial charge in [-0.2, -0.15) is 0 Å². The largest absolute Gasteiger partial charge is 0.326 e. The van der Waals surface area contributed by atoms with Gasteiger partial charge in [0.2, 0.25) is 0 Å². The van der Waals surface area contributed by atoms with Gasteiger partial charge < -0.3 is 4.72 Å². The summed E-state index contributed by atoms with van der Waals surface area (Å²) in [7, 11) is -4.15.